The van der Waals surface area contributed by atoms with E-state index in [1.165, 1.54) is 0 Å². The Balaban J connectivity index is 1.62. The van der Waals surface area contributed by atoms with Crippen molar-refractivity contribution in [3.8, 4) is 11.1 Å². The van der Waals surface area contributed by atoms with Crippen LogP contribution in [0.5, 0.6) is 0 Å². The smallest absolute Gasteiger partial charge is 0.407 e. The highest BCUT2D eigenvalue weighted by molar-refractivity contribution is 5.86. The first-order chi connectivity index (χ1) is 16.4. The molecule has 0 aliphatic heterocycles. The van der Waals surface area contributed by atoms with E-state index in [4.69, 9.17) is 9.84 Å². The lowest BCUT2D eigenvalue weighted by molar-refractivity contribution is -0.137. The molecule has 2 amide bonds. The molecule has 34 heavy (non-hydrogen) atoms. The number of ether oxygens (including phenoxy) is 1. The summed E-state index contributed by atoms with van der Waals surface area (Å²) in [6, 6.07) is 14.9. The quantitative estimate of drug-likeness (QED) is 0.415. The molecular weight excluding hydrogens is 432 g/mol. The zero-order chi connectivity index (χ0) is 24.5. The van der Waals surface area contributed by atoms with Crippen LogP contribution in [-0.2, 0) is 14.3 Å². The predicted octanol–water partition coefficient (Wildman–Crippen LogP) is 4.84. The van der Waals surface area contributed by atoms with Gasteiger partial charge < -0.3 is 20.5 Å². The van der Waals surface area contributed by atoms with Gasteiger partial charge in [0.15, 0.2) is 0 Å². The van der Waals surface area contributed by atoms with Gasteiger partial charge in [0.05, 0.1) is 6.42 Å². The fourth-order valence-electron chi connectivity index (χ4n) is 4.53. The normalized spacial score (nSPS) is 13.9. The van der Waals surface area contributed by atoms with Crippen molar-refractivity contribution in [3.05, 3.63) is 59.7 Å². The molecule has 2 atom stereocenters. The van der Waals surface area contributed by atoms with Crippen molar-refractivity contribution in [2.24, 2.45) is 0 Å². The fourth-order valence-corrected chi connectivity index (χ4v) is 4.53. The van der Waals surface area contributed by atoms with Gasteiger partial charge in [-0.2, -0.15) is 0 Å². The molecule has 0 spiro atoms. The average molecular weight is 467 g/mol. The van der Waals surface area contributed by atoms with Crippen LogP contribution in [0, 0.1) is 0 Å². The number of benzene rings is 2. The van der Waals surface area contributed by atoms with E-state index in [9.17, 15) is 14.4 Å². The molecular formula is C27H34N2O5. The van der Waals surface area contributed by atoms with E-state index in [0.717, 1.165) is 35.1 Å². The number of rotatable bonds is 12. The number of amides is 2. The SMILES string of the molecule is CCCC[C@@H](CC(=O)O)NC(=O)[C@H](CCC)NC(=O)OCC1c2ccccc2-c2ccccc21. The van der Waals surface area contributed by atoms with Gasteiger partial charge in [0.1, 0.15) is 12.6 Å². The number of hydrogen-bond acceptors (Lipinski definition) is 4. The van der Waals surface area contributed by atoms with Gasteiger partial charge in [-0.15, -0.1) is 0 Å². The van der Waals surface area contributed by atoms with E-state index in [1.807, 2.05) is 50.2 Å². The number of aliphatic carboxylic acids is 1. The summed E-state index contributed by atoms with van der Waals surface area (Å²) in [6.45, 7) is 4.10. The summed E-state index contributed by atoms with van der Waals surface area (Å²) in [6.07, 6.45) is 2.62. The van der Waals surface area contributed by atoms with Gasteiger partial charge in [-0.05, 0) is 35.1 Å². The summed E-state index contributed by atoms with van der Waals surface area (Å²) < 4.78 is 5.58. The summed E-state index contributed by atoms with van der Waals surface area (Å²) in [5, 5.41) is 14.6. The van der Waals surface area contributed by atoms with Gasteiger partial charge in [0.2, 0.25) is 5.91 Å². The Morgan fingerprint density at radius 3 is 2.09 bits per heavy atom. The van der Waals surface area contributed by atoms with Crippen LogP contribution in [0.15, 0.2) is 48.5 Å². The van der Waals surface area contributed by atoms with Crippen molar-refractivity contribution in [3.63, 3.8) is 0 Å². The topological polar surface area (TPSA) is 105 Å². The molecule has 3 N–H and O–H groups in total. The van der Waals surface area contributed by atoms with Crippen molar-refractivity contribution in [2.75, 3.05) is 6.61 Å². The summed E-state index contributed by atoms with van der Waals surface area (Å²) in [4.78, 5) is 36.7. The molecule has 0 saturated heterocycles. The molecule has 0 unspecified atom stereocenters. The predicted molar refractivity (Wildman–Crippen MR) is 131 cm³/mol. The Kier molecular flexibility index (Phi) is 9.08. The second kappa shape index (κ2) is 12.2. The van der Waals surface area contributed by atoms with Crippen LogP contribution in [0.25, 0.3) is 11.1 Å². The standard InChI is InChI=1S/C27H34N2O5/c1-3-5-11-18(16-25(30)31)28-26(32)24(10-4-2)29-27(33)34-17-23-21-14-8-6-12-19(21)20-13-7-9-15-22(20)23/h6-9,12-15,18,23-24H,3-5,10-11,16-17H2,1-2H3,(H,28,32)(H,29,33)(H,30,31)/t18-,24-/m0/s1. The van der Waals surface area contributed by atoms with Crippen LogP contribution in [-0.4, -0.2) is 41.8 Å². The Bertz CT molecular complexity index is 961. The summed E-state index contributed by atoms with van der Waals surface area (Å²) in [7, 11) is 0. The number of carbonyl (C=O) groups is 3. The van der Waals surface area contributed by atoms with Crippen LogP contribution in [0.1, 0.15) is 69.4 Å². The molecule has 0 saturated carbocycles. The Morgan fingerprint density at radius 2 is 1.53 bits per heavy atom. The zero-order valence-corrected chi connectivity index (χ0v) is 19.9. The van der Waals surface area contributed by atoms with E-state index in [-0.39, 0.29) is 24.9 Å². The molecule has 1 aliphatic rings. The Hall–Kier alpha value is -3.35. The van der Waals surface area contributed by atoms with E-state index in [1.54, 1.807) is 0 Å². The van der Waals surface area contributed by atoms with Crippen molar-refractivity contribution in [1.82, 2.24) is 10.6 Å². The van der Waals surface area contributed by atoms with Gasteiger partial charge in [0.25, 0.3) is 0 Å². The van der Waals surface area contributed by atoms with Crippen molar-refractivity contribution in [1.29, 1.82) is 0 Å². The number of hydrogen-bond donors (Lipinski definition) is 3. The average Bonchev–Trinajstić information content (AvgIpc) is 3.14. The largest absolute Gasteiger partial charge is 0.481 e. The Morgan fingerprint density at radius 1 is 0.912 bits per heavy atom. The Labute approximate surface area is 200 Å². The van der Waals surface area contributed by atoms with Crippen LogP contribution < -0.4 is 10.6 Å². The van der Waals surface area contributed by atoms with E-state index >= 15 is 0 Å². The minimum absolute atomic E-state index is 0.0643. The van der Waals surface area contributed by atoms with Crippen LogP contribution in [0.2, 0.25) is 0 Å². The summed E-state index contributed by atoms with van der Waals surface area (Å²) in [5.41, 5.74) is 4.53. The molecule has 2 aromatic rings. The molecule has 0 aromatic heterocycles. The maximum absolute atomic E-state index is 12.8. The molecule has 2 aromatic carbocycles. The highest BCUT2D eigenvalue weighted by Gasteiger charge is 2.30. The zero-order valence-electron chi connectivity index (χ0n) is 19.9. The summed E-state index contributed by atoms with van der Waals surface area (Å²) >= 11 is 0. The third kappa shape index (κ3) is 6.37. The highest BCUT2D eigenvalue weighted by atomic mass is 16.5. The highest BCUT2D eigenvalue weighted by Crippen LogP contribution is 2.44. The van der Waals surface area contributed by atoms with E-state index in [0.29, 0.717) is 19.3 Å². The van der Waals surface area contributed by atoms with Crippen LogP contribution in [0.3, 0.4) is 0 Å². The lowest BCUT2D eigenvalue weighted by Gasteiger charge is -2.23. The molecule has 0 radical (unpaired) electrons. The maximum atomic E-state index is 12.8. The van der Waals surface area contributed by atoms with Gasteiger partial charge in [-0.3, -0.25) is 9.59 Å². The van der Waals surface area contributed by atoms with Gasteiger partial charge in [-0.25, -0.2) is 4.79 Å². The number of carboxylic acids is 1. The third-order valence-corrected chi connectivity index (χ3v) is 6.20. The molecule has 0 heterocycles. The van der Waals surface area contributed by atoms with E-state index in [2.05, 4.69) is 22.8 Å². The first-order valence-electron chi connectivity index (χ1n) is 12.1. The van der Waals surface area contributed by atoms with Crippen molar-refractivity contribution in [2.45, 2.75) is 70.4 Å². The van der Waals surface area contributed by atoms with Gasteiger partial charge in [0, 0.05) is 12.0 Å². The number of carbonyl (C=O) groups excluding carboxylic acids is 2. The molecule has 0 bridgehead atoms. The lowest BCUT2D eigenvalue weighted by Crippen LogP contribution is -2.50. The second-order valence-electron chi connectivity index (χ2n) is 8.76. The van der Waals surface area contributed by atoms with Gasteiger partial charge in [-0.1, -0.05) is 81.6 Å². The van der Waals surface area contributed by atoms with E-state index < -0.39 is 24.1 Å². The molecule has 7 heteroatoms. The van der Waals surface area contributed by atoms with Crippen LogP contribution >= 0.6 is 0 Å². The number of fused-ring (bicyclic) bond motifs is 3. The van der Waals surface area contributed by atoms with Crippen LogP contribution in [0.4, 0.5) is 4.79 Å². The molecule has 7 nitrogen and oxygen atoms in total. The van der Waals surface area contributed by atoms with Crippen molar-refractivity contribution < 1.29 is 24.2 Å². The minimum Gasteiger partial charge on any atom is -0.481 e. The van der Waals surface area contributed by atoms with Gasteiger partial charge >= 0.3 is 12.1 Å². The maximum Gasteiger partial charge on any atom is 0.407 e. The number of carboxylic acid groups (broad SMARTS) is 1. The number of nitrogens with one attached hydrogen (secondary N) is 2. The molecule has 3 rings (SSSR count). The second-order valence-corrected chi connectivity index (χ2v) is 8.76. The molecule has 182 valence electrons. The lowest BCUT2D eigenvalue weighted by atomic mass is 9.98. The number of alkyl carbamates (subject to hydrolysis) is 1. The molecule has 0 fully saturated rings. The fraction of sp³-hybridized carbons (Fsp3) is 0.444. The first-order valence-corrected chi connectivity index (χ1v) is 12.1. The monoisotopic (exact) mass is 466 g/mol. The van der Waals surface area contributed by atoms with Crippen molar-refractivity contribution >= 4 is 18.0 Å². The molecule has 1 aliphatic carbocycles. The third-order valence-electron chi connectivity index (χ3n) is 6.20. The summed E-state index contributed by atoms with van der Waals surface area (Å²) in [5.74, 6) is -1.40. The minimum atomic E-state index is -0.960. The first kappa shape index (κ1) is 25.3. The number of unbranched alkanes of at least 4 members (excludes halogenated alkanes) is 1.